The van der Waals surface area contributed by atoms with E-state index in [2.05, 4.69) is 17.6 Å². The third kappa shape index (κ3) is 4.67. The van der Waals surface area contributed by atoms with Gasteiger partial charge in [0.1, 0.15) is 5.76 Å². The topological polar surface area (TPSA) is 54.3 Å². The Bertz CT molecular complexity index is 559. The molecular formula is C17H22N2O2. The molecule has 0 saturated heterocycles. The van der Waals surface area contributed by atoms with E-state index in [0.29, 0.717) is 5.56 Å². The summed E-state index contributed by atoms with van der Waals surface area (Å²) in [6.07, 6.45) is 2.51. The highest BCUT2D eigenvalue weighted by molar-refractivity contribution is 5.94. The van der Waals surface area contributed by atoms with Gasteiger partial charge in [0.2, 0.25) is 0 Å². The van der Waals surface area contributed by atoms with Crippen molar-refractivity contribution in [3.8, 4) is 0 Å². The zero-order valence-corrected chi connectivity index (χ0v) is 12.7. The van der Waals surface area contributed by atoms with Gasteiger partial charge in [-0.2, -0.15) is 0 Å². The maximum Gasteiger partial charge on any atom is 0.251 e. The molecular weight excluding hydrogens is 264 g/mol. The number of benzene rings is 1. The van der Waals surface area contributed by atoms with Crippen LogP contribution in [0.25, 0.3) is 0 Å². The van der Waals surface area contributed by atoms with Crippen molar-refractivity contribution in [3.63, 3.8) is 0 Å². The van der Waals surface area contributed by atoms with E-state index in [1.807, 2.05) is 50.2 Å². The van der Waals surface area contributed by atoms with E-state index >= 15 is 0 Å². The lowest BCUT2D eigenvalue weighted by Gasteiger charge is -2.14. The molecule has 1 aromatic heterocycles. The average Bonchev–Trinajstić information content (AvgIpc) is 2.91. The van der Waals surface area contributed by atoms with Gasteiger partial charge in [-0.1, -0.05) is 0 Å². The summed E-state index contributed by atoms with van der Waals surface area (Å²) in [5, 5.41) is 6.27. The number of hydrogen-bond acceptors (Lipinski definition) is 3. The van der Waals surface area contributed by atoms with Crippen molar-refractivity contribution in [1.82, 2.24) is 5.32 Å². The van der Waals surface area contributed by atoms with Gasteiger partial charge in [-0.25, -0.2) is 0 Å². The molecule has 0 saturated carbocycles. The van der Waals surface area contributed by atoms with Gasteiger partial charge in [-0.3, -0.25) is 4.79 Å². The highest BCUT2D eigenvalue weighted by Gasteiger charge is 2.08. The summed E-state index contributed by atoms with van der Waals surface area (Å²) in [4.78, 5) is 11.9. The van der Waals surface area contributed by atoms with Crippen molar-refractivity contribution in [2.75, 3.05) is 5.32 Å². The predicted molar refractivity (Wildman–Crippen MR) is 84.5 cm³/mol. The van der Waals surface area contributed by atoms with E-state index < -0.39 is 0 Å². The van der Waals surface area contributed by atoms with Gasteiger partial charge in [0.15, 0.2) is 0 Å². The molecule has 0 spiro atoms. The smallest absolute Gasteiger partial charge is 0.251 e. The third-order valence-electron chi connectivity index (χ3n) is 3.07. The van der Waals surface area contributed by atoms with Gasteiger partial charge in [0, 0.05) is 29.8 Å². The van der Waals surface area contributed by atoms with E-state index in [4.69, 9.17) is 4.42 Å². The van der Waals surface area contributed by atoms with Crippen molar-refractivity contribution in [2.45, 2.75) is 39.3 Å². The van der Waals surface area contributed by atoms with Gasteiger partial charge in [0.05, 0.1) is 6.26 Å². The molecule has 1 atom stereocenters. The number of furan rings is 1. The number of anilines is 1. The summed E-state index contributed by atoms with van der Waals surface area (Å²) in [6, 6.07) is 11.8. The Morgan fingerprint density at radius 2 is 1.86 bits per heavy atom. The number of carbonyl (C=O) groups is 1. The van der Waals surface area contributed by atoms with Crippen LogP contribution in [0.4, 0.5) is 5.69 Å². The summed E-state index contributed by atoms with van der Waals surface area (Å²) < 4.78 is 5.34. The van der Waals surface area contributed by atoms with Gasteiger partial charge in [-0.05, 0) is 57.2 Å². The van der Waals surface area contributed by atoms with Gasteiger partial charge >= 0.3 is 0 Å². The van der Waals surface area contributed by atoms with Crippen molar-refractivity contribution >= 4 is 11.6 Å². The maximum atomic E-state index is 11.9. The fourth-order valence-electron chi connectivity index (χ4n) is 2.13. The highest BCUT2D eigenvalue weighted by Crippen LogP contribution is 2.13. The molecule has 0 radical (unpaired) electrons. The van der Waals surface area contributed by atoms with Crippen LogP contribution in [0.3, 0.4) is 0 Å². The molecule has 4 nitrogen and oxygen atoms in total. The Labute approximate surface area is 125 Å². The van der Waals surface area contributed by atoms with E-state index in [-0.39, 0.29) is 18.0 Å². The standard InChI is InChI=1S/C17H22N2O2/c1-12(2)18-17(20)14-6-8-15(9-7-14)19-13(3)11-16-5-4-10-21-16/h4-10,12-13,19H,11H2,1-3H3,(H,18,20). The first-order valence-corrected chi connectivity index (χ1v) is 7.24. The van der Waals surface area contributed by atoms with Crippen LogP contribution in [-0.2, 0) is 6.42 Å². The van der Waals surface area contributed by atoms with Crippen LogP contribution >= 0.6 is 0 Å². The number of nitrogens with one attached hydrogen (secondary N) is 2. The van der Waals surface area contributed by atoms with Crippen LogP contribution in [0.15, 0.2) is 47.1 Å². The fraction of sp³-hybridized carbons (Fsp3) is 0.353. The van der Waals surface area contributed by atoms with Crippen molar-refractivity contribution < 1.29 is 9.21 Å². The van der Waals surface area contributed by atoms with Crippen LogP contribution in [0.1, 0.15) is 36.9 Å². The summed E-state index contributed by atoms with van der Waals surface area (Å²) >= 11 is 0. The molecule has 0 bridgehead atoms. The molecule has 1 aromatic carbocycles. The van der Waals surface area contributed by atoms with E-state index in [1.54, 1.807) is 6.26 Å². The minimum atomic E-state index is -0.0415. The second kappa shape index (κ2) is 6.97. The SMILES string of the molecule is CC(C)NC(=O)c1ccc(NC(C)Cc2ccco2)cc1. The fourth-order valence-corrected chi connectivity index (χ4v) is 2.13. The van der Waals surface area contributed by atoms with Crippen LogP contribution in [0, 0.1) is 0 Å². The zero-order chi connectivity index (χ0) is 15.2. The van der Waals surface area contributed by atoms with Gasteiger partial charge in [-0.15, -0.1) is 0 Å². The Hall–Kier alpha value is -2.23. The Morgan fingerprint density at radius 3 is 2.43 bits per heavy atom. The van der Waals surface area contributed by atoms with E-state index in [1.165, 1.54) is 0 Å². The molecule has 1 amide bonds. The average molecular weight is 286 g/mol. The van der Waals surface area contributed by atoms with Gasteiger partial charge in [0.25, 0.3) is 5.91 Å². The monoisotopic (exact) mass is 286 g/mol. The molecule has 1 heterocycles. The normalized spacial score (nSPS) is 12.2. The zero-order valence-electron chi connectivity index (χ0n) is 12.7. The van der Waals surface area contributed by atoms with E-state index in [9.17, 15) is 4.79 Å². The molecule has 0 fully saturated rings. The van der Waals surface area contributed by atoms with Crippen LogP contribution < -0.4 is 10.6 Å². The Kier molecular flexibility index (Phi) is 5.04. The van der Waals surface area contributed by atoms with Crippen molar-refractivity contribution in [1.29, 1.82) is 0 Å². The molecule has 2 N–H and O–H groups in total. The lowest BCUT2D eigenvalue weighted by Crippen LogP contribution is -2.30. The molecule has 2 rings (SSSR count). The predicted octanol–water partition coefficient (Wildman–Crippen LogP) is 3.46. The molecule has 0 aliphatic carbocycles. The molecule has 0 aliphatic rings. The van der Waals surface area contributed by atoms with Crippen molar-refractivity contribution in [2.24, 2.45) is 0 Å². The summed E-state index contributed by atoms with van der Waals surface area (Å²) in [5.74, 6) is 0.920. The Balaban J connectivity index is 1.91. The van der Waals surface area contributed by atoms with Crippen LogP contribution in [0.2, 0.25) is 0 Å². The number of rotatable bonds is 6. The lowest BCUT2D eigenvalue weighted by molar-refractivity contribution is 0.0943. The second-order valence-electron chi connectivity index (χ2n) is 5.53. The van der Waals surface area contributed by atoms with Crippen molar-refractivity contribution in [3.05, 3.63) is 54.0 Å². The molecule has 2 aromatic rings. The first-order valence-electron chi connectivity index (χ1n) is 7.24. The highest BCUT2D eigenvalue weighted by atomic mass is 16.3. The van der Waals surface area contributed by atoms with Crippen LogP contribution in [0.5, 0.6) is 0 Å². The summed E-state index contributed by atoms with van der Waals surface area (Å²) in [6.45, 7) is 6.00. The molecule has 1 unspecified atom stereocenters. The number of carbonyl (C=O) groups excluding carboxylic acids is 1. The minimum absolute atomic E-state index is 0.0415. The second-order valence-corrected chi connectivity index (χ2v) is 5.53. The molecule has 0 aliphatic heterocycles. The maximum absolute atomic E-state index is 11.9. The first kappa shape index (κ1) is 15.2. The number of hydrogen-bond donors (Lipinski definition) is 2. The largest absolute Gasteiger partial charge is 0.469 e. The third-order valence-corrected chi connectivity index (χ3v) is 3.07. The quantitative estimate of drug-likeness (QED) is 0.855. The van der Waals surface area contributed by atoms with Gasteiger partial charge < -0.3 is 15.1 Å². The molecule has 21 heavy (non-hydrogen) atoms. The van der Waals surface area contributed by atoms with E-state index in [0.717, 1.165) is 17.9 Å². The lowest BCUT2D eigenvalue weighted by atomic mass is 10.1. The van der Waals surface area contributed by atoms with Crippen LogP contribution in [-0.4, -0.2) is 18.0 Å². The Morgan fingerprint density at radius 1 is 1.14 bits per heavy atom. The number of amides is 1. The molecule has 4 heteroatoms. The summed E-state index contributed by atoms with van der Waals surface area (Å²) in [5.41, 5.74) is 1.67. The first-order chi connectivity index (χ1) is 10.0. The summed E-state index contributed by atoms with van der Waals surface area (Å²) in [7, 11) is 0. The molecule has 112 valence electrons. The minimum Gasteiger partial charge on any atom is -0.469 e.